The van der Waals surface area contributed by atoms with E-state index in [0.717, 1.165) is 0 Å². The average molecular weight is 111 g/mol. The molecule has 0 aromatic rings. The monoisotopic (exact) mass is 111 g/mol. The van der Waals surface area contributed by atoms with E-state index in [1.807, 2.05) is 0 Å². The highest BCUT2D eigenvalue weighted by Gasteiger charge is 2.29. The largest absolute Gasteiger partial charge is 0.447 e. The molecule has 1 saturated heterocycles. The second-order valence-electron chi connectivity index (χ2n) is 1.74. The second-order valence-corrected chi connectivity index (χ2v) is 1.74. The van der Waals surface area contributed by atoms with Gasteiger partial charge in [-0.15, -0.1) is 0 Å². The fourth-order valence-corrected chi connectivity index (χ4v) is 0.447. The number of alkyl carbamates (subject to hydrolysis) is 1. The van der Waals surface area contributed by atoms with E-state index in [1.165, 1.54) is 0 Å². The topological polar surface area (TPSA) is 38.3 Å². The Kier molecular flexibility index (Phi) is 0.927. The number of carbonyl (C=O) groups excluding carboxylic acids is 1. The zero-order chi connectivity index (χ0) is 6.20. The van der Waals surface area contributed by atoms with Gasteiger partial charge in [-0.25, -0.2) is 4.79 Å². The highest BCUT2D eigenvalue weighted by molar-refractivity contribution is 5.71. The molecule has 0 atom stereocenters. The van der Waals surface area contributed by atoms with Gasteiger partial charge < -0.3 is 10.1 Å². The lowest BCUT2D eigenvalue weighted by Crippen LogP contribution is -2.37. The van der Waals surface area contributed by atoms with Crippen molar-refractivity contribution in [1.82, 2.24) is 5.32 Å². The summed E-state index contributed by atoms with van der Waals surface area (Å²) in [5.41, 5.74) is -1.16. The molecule has 3 nitrogen and oxygen atoms in total. The van der Waals surface area contributed by atoms with Crippen LogP contribution in [-0.4, -0.2) is 18.2 Å². The Hall–Kier alpha value is -0.730. The van der Waals surface area contributed by atoms with E-state index in [4.69, 9.17) is 13.8 Å². The van der Waals surface area contributed by atoms with Gasteiger partial charge in [-0.2, -0.15) is 0 Å². The molecule has 8 heavy (non-hydrogen) atoms. The molecule has 1 N–H and O–H groups in total. The van der Waals surface area contributed by atoms with Crippen molar-refractivity contribution >= 4 is 6.09 Å². The molecule has 1 fully saturated rings. The summed E-state index contributed by atoms with van der Waals surface area (Å²) in [5, 5.41) is 2.19. The Morgan fingerprint density at radius 1 is 1.75 bits per heavy atom. The number of carbonyl (C=O) groups is 1. The van der Waals surface area contributed by atoms with Crippen molar-refractivity contribution in [1.29, 1.82) is 0 Å². The standard InChI is InChI=1S/C5H5NO2/c1-5(2)3-8-4(7)6-5/h1-2H,3H2,(H,6,7). The van der Waals surface area contributed by atoms with Gasteiger partial charge in [0.2, 0.25) is 0 Å². The molecule has 1 heterocycles. The van der Waals surface area contributed by atoms with Crippen LogP contribution >= 0.6 is 0 Å². The molecule has 1 aliphatic heterocycles. The quantitative estimate of drug-likeness (QED) is 0.473. The minimum Gasteiger partial charge on any atom is -0.447 e. The zero-order valence-corrected chi connectivity index (χ0v) is 4.18. The van der Waals surface area contributed by atoms with Gasteiger partial charge in [0.1, 0.15) is 6.61 Å². The first-order valence-electron chi connectivity index (χ1n) is 2.13. The number of cyclic esters (lactones) is 1. The van der Waals surface area contributed by atoms with Crippen LogP contribution in [0, 0.1) is 13.8 Å². The lowest BCUT2D eigenvalue weighted by Gasteiger charge is -2.09. The lowest BCUT2D eigenvalue weighted by molar-refractivity contribution is 0.176. The summed E-state index contributed by atoms with van der Waals surface area (Å²) in [6.45, 7) is 10.4. The molecule has 1 aliphatic rings. The Bertz CT molecular complexity index is 120. The lowest BCUT2D eigenvalue weighted by atomic mass is 10.1. The number of amides is 1. The van der Waals surface area contributed by atoms with Gasteiger partial charge in [-0.05, 0) is 13.8 Å². The van der Waals surface area contributed by atoms with E-state index in [2.05, 4.69) is 10.1 Å². The predicted octanol–water partition coefficient (Wildman–Crippen LogP) is -0.113. The van der Waals surface area contributed by atoms with E-state index < -0.39 is 11.6 Å². The summed E-state index contributed by atoms with van der Waals surface area (Å²) in [6, 6.07) is 0. The van der Waals surface area contributed by atoms with Crippen molar-refractivity contribution in [2.24, 2.45) is 0 Å². The van der Waals surface area contributed by atoms with Crippen LogP contribution in [0.25, 0.3) is 0 Å². The fourth-order valence-electron chi connectivity index (χ4n) is 0.447. The van der Waals surface area contributed by atoms with Crippen LogP contribution in [0.15, 0.2) is 0 Å². The van der Waals surface area contributed by atoms with Crippen LogP contribution in [-0.2, 0) is 4.74 Å². The Morgan fingerprint density at radius 3 is 2.50 bits per heavy atom. The van der Waals surface area contributed by atoms with E-state index in [-0.39, 0.29) is 6.61 Å². The third-order valence-electron chi connectivity index (χ3n) is 0.777. The minimum atomic E-state index is -1.16. The first-order chi connectivity index (χ1) is 3.60. The normalized spacial score (nSPS) is 24.5. The summed E-state index contributed by atoms with van der Waals surface area (Å²) in [4.78, 5) is 10.2. The fraction of sp³-hybridized carbons (Fsp3) is 0.400. The molecule has 0 aromatic heterocycles. The number of hydrogen-bond donors (Lipinski definition) is 1. The third kappa shape index (κ3) is 0.911. The average Bonchev–Trinajstić information content (AvgIpc) is 1.82. The van der Waals surface area contributed by atoms with Gasteiger partial charge in [0.05, 0.1) is 5.54 Å². The summed E-state index contributed by atoms with van der Waals surface area (Å²) in [7, 11) is 0. The van der Waals surface area contributed by atoms with Crippen LogP contribution in [0.5, 0.6) is 0 Å². The van der Waals surface area contributed by atoms with Gasteiger partial charge in [0.15, 0.2) is 0 Å². The maximum Gasteiger partial charge on any atom is 0.407 e. The van der Waals surface area contributed by atoms with Gasteiger partial charge >= 0.3 is 6.09 Å². The van der Waals surface area contributed by atoms with Crippen LogP contribution < -0.4 is 5.32 Å². The summed E-state index contributed by atoms with van der Waals surface area (Å²) in [6.07, 6.45) is -0.560. The van der Waals surface area contributed by atoms with Crippen LogP contribution in [0.2, 0.25) is 0 Å². The van der Waals surface area contributed by atoms with Gasteiger partial charge in [0, 0.05) is 0 Å². The summed E-state index contributed by atoms with van der Waals surface area (Å²) < 4.78 is 4.37. The number of hydrogen-bond acceptors (Lipinski definition) is 2. The van der Waals surface area contributed by atoms with Crippen molar-refractivity contribution in [2.75, 3.05) is 6.61 Å². The van der Waals surface area contributed by atoms with E-state index >= 15 is 0 Å². The van der Waals surface area contributed by atoms with Gasteiger partial charge in [-0.1, -0.05) is 0 Å². The molecular weight excluding hydrogens is 106 g/mol. The zero-order valence-electron chi connectivity index (χ0n) is 4.18. The highest BCUT2D eigenvalue weighted by atomic mass is 16.6. The maximum absolute atomic E-state index is 10.2. The van der Waals surface area contributed by atoms with Crippen molar-refractivity contribution in [3.8, 4) is 0 Å². The van der Waals surface area contributed by atoms with E-state index in [1.54, 1.807) is 0 Å². The van der Waals surface area contributed by atoms with Gasteiger partial charge in [-0.3, -0.25) is 0 Å². The van der Waals surface area contributed by atoms with Crippen LogP contribution in [0.4, 0.5) is 4.79 Å². The molecular formula is C5H5NO2. The maximum atomic E-state index is 10.2. The molecule has 3 heteroatoms. The molecule has 0 unspecified atom stereocenters. The molecule has 0 aromatic carbocycles. The van der Waals surface area contributed by atoms with E-state index in [0.29, 0.717) is 0 Å². The Balaban J connectivity index is 2.56. The predicted molar refractivity (Wildman–Crippen MR) is 25.8 cm³/mol. The van der Waals surface area contributed by atoms with Crippen LogP contribution in [0.1, 0.15) is 0 Å². The Morgan fingerprint density at radius 2 is 2.38 bits per heavy atom. The molecule has 0 saturated carbocycles. The summed E-state index contributed by atoms with van der Waals surface area (Å²) in [5.74, 6) is 0. The molecule has 42 valence electrons. The van der Waals surface area contributed by atoms with Crippen molar-refractivity contribution in [2.45, 2.75) is 5.54 Å². The number of nitrogens with one attached hydrogen (secondary N) is 1. The van der Waals surface area contributed by atoms with Gasteiger partial charge in [0.25, 0.3) is 0 Å². The molecule has 0 aliphatic carbocycles. The Labute approximate surface area is 48.0 Å². The third-order valence-corrected chi connectivity index (χ3v) is 0.777. The smallest absolute Gasteiger partial charge is 0.407 e. The first-order valence-corrected chi connectivity index (χ1v) is 2.13. The molecule has 4 radical (unpaired) electrons. The molecule has 1 amide bonds. The number of rotatable bonds is 0. The summed E-state index contributed by atoms with van der Waals surface area (Å²) >= 11 is 0. The SMILES string of the molecule is [CH]C1([CH])COC(=O)N1. The van der Waals surface area contributed by atoms with Crippen molar-refractivity contribution in [3.05, 3.63) is 13.8 Å². The minimum absolute atomic E-state index is 0.0336. The molecule has 1 rings (SSSR count). The van der Waals surface area contributed by atoms with Crippen molar-refractivity contribution in [3.63, 3.8) is 0 Å². The highest BCUT2D eigenvalue weighted by Crippen LogP contribution is 2.07. The first kappa shape index (κ1) is 5.41. The number of ether oxygens (including phenoxy) is 1. The molecule has 0 spiro atoms. The molecule has 0 bridgehead atoms. The van der Waals surface area contributed by atoms with Crippen molar-refractivity contribution < 1.29 is 9.53 Å². The van der Waals surface area contributed by atoms with E-state index in [9.17, 15) is 4.79 Å². The van der Waals surface area contributed by atoms with Crippen LogP contribution in [0.3, 0.4) is 0 Å². The second kappa shape index (κ2) is 1.37.